The van der Waals surface area contributed by atoms with Crippen molar-refractivity contribution in [3.05, 3.63) is 0 Å². The van der Waals surface area contributed by atoms with Gasteiger partial charge in [-0.05, 0) is 13.3 Å². The summed E-state index contributed by atoms with van der Waals surface area (Å²) in [5.41, 5.74) is 0. The molecule has 0 aromatic rings. The third-order valence-corrected chi connectivity index (χ3v) is 2.12. The number of hydrogen-bond acceptors (Lipinski definition) is 4. The third-order valence-electron chi connectivity index (χ3n) is 2.12. The van der Waals surface area contributed by atoms with Gasteiger partial charge in [0.1, 0.15) is 0 Å². The van der Waals surface area contributed by atoms with E-state index in [2.05, 4.69) is 0 Å². The maximum atomic E-state index is 11.6. The van der Waals surface area contributed by atoms with Gasteiger partial charge in [0.25, 0.3) is 5.79 Å². The van der Waals surface area contributed by atoms with Gasteiger partial charge in [0, 0.05) is 6.42 Å². The zero-order valence-electron chi connectivity index (χ0n) is 8.88. The molecule has 0 N–H and O–H groups in total. The zero-order valence-corrected chi connectivity index (χ0v) is 8.88. The van der Waals surface area contributed by atoms with Crippen LogP contribution in [0.15, 0.2) is 0 Å². The summed E-state index contributed by atoms with van der Waals surface area (Å²) >= 11 is 0. The fourth-order valence-corrected chi connectivity index (χ4v) is 1.51. The SMILES string of the molecule is CCCC1(C(=O)OCC)OCCCO1. The fourth-order valence-electron chi connectivity index (χ4n) is 1.51. The number of hydrogen-bond donors (Lipinski definition) is 0. The first-order valence-corrected chi connectivity index (χ1v) is 5.20. The van der Waals surface area contributed by atoms with Crippen molar-refractivity contribution < 1.29 is 19.0 Å². The quantitative estimate of drug-likeness (QED) is 0.648. The summed E-state index contributed by atoms with van der Waals surface area (Å²) in [4.78, 5) is 11.6. The lowest BCUT2D eigenvalue weighted by atomic mass is 10.1. The molecule has 1 rings (SSSR count). The summed E-state index contributed by atoms with van der Waals surface area (Å²) in [6, 6.07) is 0. The van der Waals surface area contributed by atoms with E-state index in [-0.39, 0.29) is 5.97 Å². The van der Waals surface area contributed by atoms with E-state index in [0.29, 0.717) is 26.2 Å². The van der Waals surface area contributed by atoms with Crippen LogP contribution in [0.2, 0.25) is 0 Å². The summed E-state index contributed by atoms with van der Waals surface area (Å²) in [6.45, 7) is 5.26. The van der Waals surface area contributed by atoms with Gasteiger partial charge in [0.05, 0.1) is 19.8 Å². The molecule has 0 aliphatic carbocycles. The van der Waals surface area contributed by atoms with Crippen LogP contribution in [0.5, 0.6) is 0 Å². The average molecular weight is 202 g/mol. The monoisotopic (exact) mass is 202 g/mol. The Kier molecular flexibility index (Phi) is 4.35. The standard InChI is InChI=1S/C10H18O4/c1-3-6-10(9(11)12-4-2)13-7-5-8-14-10/h3-8H2,1-2H3. The first kappa shape index (κ1) is 11.5. The molecule has 0 atom stereocenters. The van der Waals surface area contributed by atoms with E-state index in [1.165, 1.54) is 0 Å². The highest BCUT2D eigenvalue weighted by molar-refractivity contribution is 5.78. The molecule has 0 radical (unpaired) electrons. The highest BCUT2D eigenvalue weighted by Crippen LogP contribution is 2.25. The summed E-state index contributed by atoms with van der Waals surface area (Å²) in [6.07, 6.45) is 2.23. The van der Waals surface area contributed by atoms with Crippen LogP contribution in [0.25, 0.3) is 0 Å². The molecular formula is C10H18O4. The van der Waals surface area contributed by atoms with Gasteiger partial charge in [0.15, 0.2) is 0 Å². The molecule has 1 saturated heterocycles. The van der Waals surface area contributed by atoms with Gasteiger partial charge in [-0.15, -0.1) is 0 Å². The van der Waals surface area contributed by atoms with Gasteiger partial charge in [0.2, 0.25) is 0 Å². The molecule has 82 valence electrons. The van der Waals surface area contributed by atoms with E-state index in [1.54, 1.807) is 6.92 Å². The van der Waals surface area contributed by atoms with Gasteiger partial charge in [-0.3, -0.25) is 0 Å². The van der Waals surface area contributed by atoms with Crippen LogP contribution in [-0.2, 0) is 19.0 Å². The number of carbonyl (C=O) groups is 1. The molecule has 0 spiro atoms. The molecule has 0 unspecified atom stereocenters. The molecule has 14 heavy (non-hydrogen) atoms. The summed E-state index contributed by atoms with van der Waals surface area (Å²) < 4.78 is 15.8. The molecule has 1 aliphatic heterocycles. The average Bonchev–Trinajstić information content (AvgIpc) is 2.20. The minimum atomic E-state index is -1.12. The lowest BCUT2D eigenvalue weighted by Gasteiger charge is -2.34. The predicted octanol–water partition coefficient (Wildman–Crippen LogP) is 1.48. The van der Waals surface area contributed by atoms with Crippen LogP contribution in [0.1, 0.15) is 33.1 Å². The van der Waals surface area contributed by atoms with E-state index in [4.69, 9.17) is 14.2 Å². The molecule has 0 saturated carbocycles. The second-order valence-corrected chi connectivity index (χ2v) is 3.27. The Morgan fingerprint density at radius 2 is 2.00 bits per heavy atom. The van der Waals surface area contributed by atoms with E-state index in [1.807, 2.05) is 6.92 Å². The molecule has 4 nitrogen and oxygen atoms in total. The van der Waals surface area contributed by atoms with Crippen molar-refractivity contribution >= 4 is 5.97 Å². The zero-order chi connectivity index (χ0) is 10.4. The molecule has 1 heterocycles. The van der Waals surface area contributed by atoms with Gasteiger partial charge in [-0.1, -0.05) is 13.3 Å². The summed E-state index contributed by atoms with van der Waals surface area (Å²) in [7, 11) is 0. The molecule has 4 heteroatoms. The number of rotatable bonds is 4. The lowest BCUT2D eigenvalue weighted by molar-refractivity contribution is -0.271. The first-order valence-electron chi connectivity index (χ1n) is 5.20. The Morgan fingerprint density at radius 1 is 1.36 bits per heavy atom. The normalized spacial score (nSPS) is 20.4. The molecule has 0 aromatic heterocycles. The summed E-state index contributed by atoms with van der Waals surface area (Å²) in [5, 5.41) is 0. The Morgan fingerprint density at radius 3 is 2.50 bits per heavy atom. The lowest BCUT2D eigenvalue weighted by Crippen LogP contribution is -2.48. The molecule has 0 amide bonds. The topological polar surface area (TPSA) is 44.8 Å². The van der Waals surface area contributed by atoms with Crippen molar-refractivity contribution in [1.29, 1.82) is 0 Å². The van der Waals surface area contributed by atoms with Crippen LogP contribution in [0.4, 0.5) is 0 Å². The Bertz CT molecular complexity index is 179. The highest BCUT2D eigenvalue weighted by atomic mass is 16.7. The predicted molar refractivity (Wildman–Crippen MR) is 50.8 cm³/mol. The molecule has 1 fully saturated rings. The Hall–Kier alpha value is -0.610. The minimum absolute atomic E-state index is 0.358. The molecule has 0 bridgehead atoms. The van der Waals surface area contributed by atoms with Crippen LogP contribution < -0.4 is 0 Å². The third kappa shape index (κ3) is 2.45. The molecule has 1 aliphatic rings. The van der Waals surface area contributed by atoms with Gasteiger partial charge >= 0.3 is 5.97 Å². The van der Waals surface area contributed by atoms with Gasteiger partial charge in [-0.25, -0.2) is 4.79 Å². The Balaban J connectivity index is 2.63. The first-order chi connectivity index (χ1) is 6.75. The fraction of sp³-hybridized carbons (Fsp3) is 0.900. The van der Waals surface area contributed by atoms with E-state index < -0.39 is 5.79 Å². The van der Waals surface area contributed by atoms with Crippen molar-refractivity contribution in [1.82, 2.24) is 0 Å². The second kappa shape index (κ2) is 5.32. The molecule has 0 aromatic carbocycles. The minimum Gasteiger partial charge on any atom is -0.462 e. The Labute approximate surface area is 84.5 Å². The maximum Gasteiger partial charge on any atom is 0.366 e. The summed E-state index contributed by atoms with van der Waals surface area (Å²) in [5.74, 6) is -1.51. The molecular weight excluding hydrogens is 184 g/mol. The van der Waals surface area contributed by atoms with Crippen LogP contribution in [0, 0.1) is 0 Å². The van der Waals surface area contributed by atoms with Crippen molar-refractivity contribution in [3.63, 3.8) is 0 Å². The van der Waals surface area contributed by atoms with E-state index >= 15 is 0 Å². The number of esters is 1. The van der Waals surface area contributed by atoms with Crippen LogP contribution >= 0.6 is 0 Å². The van der Waals surface area contributed by atoms with Crippen molar-refractivity contribution in [2.45, 2.75) is 38.9 Å². The largest absolute Gasteiger partial charge is 0.462 e. The highest BCUT2D eigenvalue weighted by Gasteiger charge is 2.43. The smallest absolute Gasteiger partial charge is 0.366 e. The number of ether oxygens (including phenoxy) is 3. The van der Waals surface area contributed by atoms with Crippen LogP contribution in [0.3, 0.4) is 0 Å². The van der Waals surface area contributed by atoms with Crippen molar-refractivity contribution in [2.75, 3.05) is 19.8 Å². The van der Waals surface area contributed by atoms with Gasteiger partial charge in [-0.2, -0.15) is 0 Å². The number of carbonyl (C=O) groups excluding carboxylic acids is 1. The maximum absolute atomic E-state index is 11.6. The van der Waals surface area contributed by atoms with Crippen molar-refractivity contribution in [3.8, 4) is 0 Å². The van der Waals surface area contributed by atoms with Gasteiger partial charge < -0.3 is 14.2 Å². The van der Waals surface area contributed by atoms with E-state index in [9.17, 15) is 4.79 Å². The van der Waals surface area contributed by atoms with E-state index in [0.717, 1.165) is 12.8 Å². The second-order valence-electron chi connectivity index (χ2n) is 3.27. The van der Waals surface area contributed by atoms with Crippen LogP contribution in [-0.4, -0.2) is 31.6 Å². The van der Waals surface area contributed by atoms with Crippen molar-refractivity contribution in [2.24, 2.45) is 0 Å².